The number of hydrogen-bond donors (Lipinski definition) is 2. The lowest BCUT2D eigenvalue weighted by atomic mass is 10.1. The normalized spacial score (nSPS) is 12.9. The summed E-state index contributed by atoms with van der Waals surface area (Å²) in [4.78, 5) is 11.3. The van der Waals surface area contributed by atoms with Crippen LogP contribution < -0.4 is 5.32 Å². The fourth-order valence-corrected chi connectivity index (χ4v) is 1.29. The Bertz CT molecular complexity index is 357. The zero-order valence-electron chi connectivity index (χ0n) is 10.4. The van der Waals surface area contributed by atoms with Crippen LogP contribution in [0.3, 0.4) is 0 Å². The summed E-state index contributed by atoms with van der Waals surface area (Å²) in [5.74, 6) is 0. The Morgan fingerprint density at radius 1 is 1.35 bits per heavy atom. The molecule has 0 saturated carbocycles. The van der Waals surface area contributed by atoms with E-state index >= 15 is 0 Å². The zero-order valence-corrected chi connectivity index (χ0v) is 10.4. The minimum Gasteiger partial charge on any atom is -0.444 e. The summed E-state index contributed by atoms with van der Waals surface area (Å²) in [7, 11) is 0. The van der Waals surface area contributed by atoms with Crippen molar-refractivity contribution in [3.63, 3.8) is 0 Å². The molecule has 0 heterocycles. The van der Waals surface area contributed by atoms with Crippen LogP contribution in [0.2, 0.25) is 0 Å². The number of ether oxygens (including phenoxy) is 1. The van der Waals surface area contributed by atoms with Crippen LogP contribution in [0.5, 0.6) is 0 Å². The first-order valence-corrected chi connectivity index (χ1v) is 5.58. The van der Waals surface area contributed by atoms with Crippen molar-refractivity contribution in [3.05, 3.63) is 35.9 Å². The summed E-state index contributed by atoms with van der Waals surface area (Å²) in [6.07, 6.45) is -1.24. The van der Waals surface area contributed by atoms with Gasteiger partial charge in [0.2, 0.25) is 0 Å². The first kappa shape index (κ1) is 13.5. The standard InChI is InChI=1S/C13H19NO3/c1-13(2,3)17-12(16)14-9-11(15)10-7-5-4-6-8-10/h4-8,11,15H,9H2,1-3H3,(H,14,16)/t11-/m1/s1. The fourth-order valence-electron chi connectivity index (χ4n) is 1.29. The van der Waals surface area contributed by atoms with Crippen LogP contribution >= 0.6 is 0 Å². The van der Waals surface area contributed by atoms with Crippen LogP contribution in [-0.2, 0) is 4.74 Å². The number of hydrogen-bond acceptors (Lipinski definition) is 3. The van der Waals surface area contributed by atoms with Crippen molar-refractivity contribution in [1.29, 1.82) is 0 Å². The molecule has 0 spiro atoms. The summed E-state index contributed by atoms with van der Waals surface area (Å²) in [6.45, 7) is 5.51. The second kappa shape index (κ2) is 5.68. The van der Waals surface area contributed by atoms with Gasteiger partial charge in [0.25, 0.3) is 0 Å². The van der Waals surface area contributed by atoms with Gasteiger partial charge < -0.3 is 15.2 Å². The van der Waals surface area contributed by atoms with Crippen molar-refractivity contribution in [2.75, 3.05) is 6.54 Å². The maximum atomic E-state index is 11.3. The van der Waals surface area contributed by atoms with Gasteiger partial charge in [-0.3, -0.25) is 0 Å². The molecule has 1 atom stereocenters. The third-order valence-electron chi connectivity index (χ3n) is 2.02. The van der Waals surface area contributed by atoms with Gasteiger partial charge in [-0.1, -0.05) is 30.3 Å². The Kier molecular flexibility index (Phi) is 4.52. The van der Waals surface area contributed by atoms with Crippen molar-refractivity contribution in [1.82, 2.24) is 5.32 Å². The number of aliphatic hydroxyl groups excluding tert-OH is 1. The molecule has 1 aromatic rings. The summed E-state index contributed by atoms with van der Waals surface area (Å²) < 4.78 is 5.06. The number of rotatable bonds is 3. The van der Waals surface area contributed by atoms with Crippen molar-refractivity contribution in [3.8, 4) is 0 Å². The van der Waals surface area contributed by atoms with E-state index < -0.39 is 17.8 Å². The molecular formula is C13H19NO3. The fraction of sp³-hybridized carbons (Fsp3) is 0.462. The van der Waals surface area contributed by atoms with E-state index in [1.165, 1.54) is 0 Å². The molecule has 0 aliphatic heterocycles. The minimum absolute atomic E-state index is 0.138. The third-order valence-corrected chi connectivity index (χ3v) is 2.02. The summed E-state index contributed by atoms with van der Waals surface area (Å²) in [5, 5.41) is 12.3. The predicted molar refractivity (Wildman–Crippen MR) is 65.6 cm³/mol. The number of benzene rings is 1. The number of aliphatic hydroxyl groups is 1. The molecule has 0 fully saturated rings. The van der Waals surface area contributed by atoms with Crippen LogP contribution in [0.4, 0.5) is 4.79 Å². The average Bonchev–Trinajstić information content (AvgIpc) is 2.25. The average molecular weight is 237 g/mol. The summed E-state index contributed by atoms with van der Waals surface area (Å²) in [5.41, 5.74) is 0.241. The topological polar surface area (TPSA) is 58.6 Å². The summed E-state index contributed by atoms with van der Waals surface area (Å²) in [6, 6.07) is 9.17. The van der Waals surface area contributed by atoms with Crippen LogP contribution in [0.15, 0.2) is 30.3 Å². The molecule has 4 heteroatoms. The largest absolute Gasteiger partial charge is 0.444 e. The van der Waals surface area contributed by atoms with Crippen molar-refractivity contribution in [2.24, 2.45) is 0 Å². The molecule has 0 aromatic heterocycles. The van der Waals surface area contributed by atoms with E-state index in [4.69, 9.17) is 4.74 Å². The lowest BCUT2D eigenvalue weighted by molar-refractivity contribution is 0.0492. The Balaban J connectivity index is 2.39. The van der Waals surface area contributed by atoms with Gasteiger partial charge in [0.15, 0.2) is 0 Å². The first-order chi connectivity index (χ1) is 7.88. The molecule has 4 nitrogen and oxygen atoms in total. The van der Waals surface area contributed by atoms with Gasteiger partial charge in [-0.15, -0.1) is 0 Å². The lowest BCUT2D eigenvalue weighted by Crippen LogP contribution is -2.34. The minimum atomic E-state index is -0.719. The predicted octanol–water partition coefficient (Wildman–Crippen LogP) is 2.24. The monoisotopic (exact) mass is 237 g/mol. The number of carbonyl (C=O) groups excluding carboxylic acids is 1. The van der Waals surface area contributed by atoms with Gasteiger partial charge in [-0.2, -0.15) is 0 Å². The van der Waals surface area contributed by atoms with E-state index in [-0.39, 0.29) is 6.54 Å². The number of carbonyl (C=O) groups is 1. The highest BCUT2D eigenvalue weighted by atomic mass is 16.6. The second-order valence-corrected chi connectivity index (χ2v) is 4.81. The molecule has 1 rings (SSSR count). The molecule has 1 aromatic carbocycles. The third kappa shape index (κ3) is 5.36. The molecule has 0 unspecified atom stereocenters. The van der Waals surface area contributed by atoms with Gasteiger partial charge in [0, 0.05) is 0 Å². The Hall–Kier alpha value is -1.55. The van der Waals surface area contributed by atoms with E-state index in [1.807, 2.05) is 18.2 Å². The molecule has 0 aliphatic carbocycles. The van der Waals surface area contributed by atoms with E-state index in [0.29, 0.717) is 0 Å². The maximum absolute atomic E-state index is 11.3. The Labute approximate surface area is 102 Å². The first-order valence-electron chi connectivity index (χ1n) is 5.58. The van der Waals surface area contributed by atoms with Crippen LogP contribution in [-0.4, -0.2) is 23.3 Å². The van der Waals surface area contributed by atoms with Gasteiger partial charge in [-0.25, -0.2) is 4.79 Å². The van der Waals surface area contributed by atoms with Crippen molar-refractivity contribution >= 4 is 6.09 Å². The zero-order chi connectivity index (χ0) is 12.9. The van der Waals surface area contributed by atoms with Crippen LogP contribution in [0, 0.1) is 0 Å². The maximum Gasteiger partial charge on any atom is 0.407 e. The van der Waals surface area contributed by atoms with Crippen LogP contribution in [0.25, 0.3) is 0 Å². The molecule has 1 amide bonds. The molecule has 0 radical (unpaired) electrons. The van der Waals surface area contributed by atoms with E-state index in [1.54, 1.807) is 32.9 Å². The van der Waals surface area contributed by atoms with Gasteiger partial charge in [-0.05, 0) is 26.3 Å². The quantitative estimate of drug-likeness (QED) is 0.847. The van der Waals surface area contributed by atoms with E-state index in [0.717, 1.165) is 5.56 Å². The SMILES string of the molecule is CC(C)(C)OC(=O)NC[C@@H](O)c1ccccc1. The second-order valence-electron chi connectivity index (χ2n) is 4.81. The molecule has 0 aliphatic rings. The molecule has 17 heavy (non-hydrogen) atoms. The molecule has 0 saturated heterocycles. The molecule has 94 valence electrons. The highest BCUT2D eigenvalue weighted by Crippen LogP contribution is 2.11. The van der Waals surface area contributed by atoms with E-state index in [9.17, 15) is 9.90 Å². The highest BCUT2D eigenvalue weighted by Gasteiger charge is 2.17. The van der Waals surface area contributed by atoms with E-state index in [2.05, 4.69) is 5.32 Å². The van der Waals surface area contributed by atoms with Crippen molar-refractivity contribution in [2.45, 2.75) is 32.5 Å². The molecule has 2 N–H and O–H groups in total. The smallest absolute Gasteiger partial charge is 0.407 e. The summed E-state index contributed by atoms with van der Waals surface area (Å²) >= 11 is 0. The number of amides is 1. The number of nitrogens with one attached hydrogen (secondary N) is 1. The van der Waals surface area contributed by atoms with Gasteiger partial charge in [0.05, 0.1) is 12.6 Å². The lowest BCUT2D eigenvalue weighted by Gasteiger charge is -2.20. The number of alkyl carbamates (subject to hydrolysis) is 1. The Morgan fingerprint density at radius 2 is 1.94 bits per heavy atom. The van der Waals surface area contributed by atoms with Gasteiger partial charge >= 0.3 is 6.09 Å². The molecule has 0 bridgehead atoms. The van der Waals surface area contributed by atoms with Crippen molar-refractivity contribution < 1.29 is 14.6 Å². The molecular weight excluding hydrogens is 218 g/mol. The highest BCUT2D eigenvalue weighted by molar-refractivity contribution is 5.67. The van der Waals surface area contributed by atoms with Gasteiger partial charge in [0.1, 0.15) is 5.60 Å². The van der Waals surface area contributed by atoms with Crippen LogP contribution in [0.1, 0.15) is 32.4 Å². The Morgan fingerprint density at radius 3 is 2.47 bits per heavy atom.